The van der Waals surface area contributed by atoms with E-state index in [0.29, 0.717) is 22.8 Å². The lowest BCUT2D eigenvalue weighted by molar-refractivity contribution is 0.258. The summed E-state index contributed by atoms with van der Waals surface area (Å²) < 4.78 is 5.05. The highest BCUT2D eigenvalue weighted by Crippen LogP contribution is 2.43. The Balaban J connectivity index is 2.45. The maximum Gasteiger partial charge on any atom is 0.163 e. The van der Waals surface area contributed by atoms with Crippen molar-refractivity contribution >= 4 is 0 Å². The molecule has 0 aliphatic heterocycles. The van der Waals surface area contributed by atoms with Gasteiger partial charge in [0.05, 0.1) is 18.7 Å². The lowest BCUT2D eigenvalue weighted by Crippen LogP contribution is -2.27. The number of hydrogen-bond acceptors (Lipinski definition) is 4. The van der Waals surface area contributed by atoms with Crippen LogP contribution in [-0.2, 0) is 0 Å². The Hall–Kier alpha value is -1.73. The zero-order chi connectivity index (χ0) is 12.4. The van der Waals surface area contributed by atoms with Gasteiger partial charge in [-0.15, -0.1) is 0 Å². The molecule has 17 heavy (non-hydrogen) atoms. The van der Waals surface area contributed by atoms with Crippen LogP contribution in [0.1, 0.15) is 36.4 Å². The Kier molecular flexibility index (Phi) is 3.21. The highest BCUT2D eigenvalue weighted by atomic mass is 16.5. The van der Waals surface area contributed by atoms with Gasteiger partial charge in [-0.2, -0.15) is 5.26 Å². The minimum atomic E-state index is -0.284. The molecule has 1 aromatic rings. The van der Waals surface area contributed by atoms with E-state index in [9.17, 15) is 5.11 Å². The van der Waals surface area contributed by atoms with E-state index in [1.54, 1.807) is 12.1 Å². The number of aromatic hydroxyl groups is 1. The molecule has 4 nitrogen and oxygen atoms in total. The van der Waals surface area contributed by atoms with Gasteiger partial charge in [-0.05, 0) is 30.9 Å². The van der Waals surface area contributed by atoms with Crippen molar-refractivity contribution in [3.63, 3.8) is 0 Å². The molecule has 0 unspecified atom stereocenters. The first-order valence-electron chi connectivity index (χ1n) is 5.74. The molecular formula is C13H16N2O2. The molecule has 1 aromatic carbocycles. The largest absolute Gasteiger partial charge is 0.504 e. The molecular weight excluding hydrogens is 216 g/mol. The first-order chi connectivity index (χ1) is 8.19. The fraction of sp³-hybridized carbons (Fsp3) is 0.462. The van der Waals surface area contributed by atoms with Gasteiger partial charge < -0.3 is 15.6 Å². The van der Waals surface area contributed by atoms with Crippen LogP contribution in [-0.4, -0.2) is 12.2 Å². The summed E-state index contributed by atoms with van der Waals surface area (Å²) in [6, 6.07) is 5.03. The van der Waals surface area contributed by atoms with Crippen molar-refractivity contribution in [2.24, 2.45) is 11.7 Å². The summed E-state index contributed by atoms with van der Waals surface area (Å²) in [5.41, 5.74) is 7.09. The minimum Gasteiger partial charge on any atom is -0.504 e. The molecule has 0 bridgehead atoms. The fourth-order valence-electron chi connectivity index (χ4n) is 2.22. The second-order valence-electron chi connectivity index (χ2n) is 4.41. The summed E-state index contributed by atoms with van der Waals surface area (Å²) in [5.74, 6) is 0.736. The molecule has 1 aliphatic carbocycles. The summed E-state index contributed by atoms with van der Waals surface area (Å²) in [5, 5.41) is 19.2. The summed E-state index contributed by atoms with van der Waals surface area (Å²) in [6.45, 7) is 0. The molecule has 4 heteroatoms. The van der Waals surface area contributed by atoms with Crippen molar-refractivity contribution in [3.05, 3.63) is 23.3 Å². The Morgan fingerprint density at radius 2 is 2.24 bits per heavy atom. The van der Waals surface area contributed by atoms with Crippen LogP contribution in [0, 0.1) is 17.2 Å². The number of benzene rings is 1. The lowest BCUT2D eigenvalue weighted by Gasteiger charge is -2.32. The number of nitrogens with zero attached hydrogens (tertiary/aromatic N) is 1. The molecule has 0 saturated heterocycles. The maximum atomic E-state index is 10.1. The smallest absolute Gasteiger partial charge is 0.163 e. The average Bonchev–Trinajstić information content (AvgIpc) is 2.25. The number of nitrogens with two attached hydrogens (primary N) is 1. The molecule has 0 radical (unpaired) electrons. The Labute approximate surface area is 101 Å². The van der Waals surface area contributed by atoms with Gasteiger partial charge in [-0.3, -0.25) is 0 Å². The van der Waals surface area contributed by atoms with Crippen molar-refractivity contribution in [3.8, 4) is 17.6 Å². The summed E-state index contributed by atoms with van der Waals surface area (Å²) >= 11 is 0. The van der Waals surface area contributed by atoms with Crippen LogP contribution in [0.15, 0.2) is 12.1 Å². The van der Waals surface area contributed by atoms with E-state index in [2.05, 4.69) is 6.07 Å². The Morgan fingerprint density at radius 1 is 1.53 bits per heavy atom. The van der Waals surface area contributed by atoms with Gasteiger partial charge >= 0.3 is 0 Å². The highest BCUT2D eigenvalue weighted by molar-refractivity contribution is 5.55. The molecule has 0 heterocycles. The van der Waals surface area contributed by atoms with Crippen LogP contribution >= 0.6 is 0 Å². The molecule has 1 aliphatic rings. The molecule has 1 fully saturated rings. The van der Waals surface area contributed by atoms with E-state index < -0.39 is 0 Å². The molecule has 1 atom stereocenters. The third-order valence-corrected chi connectivity index (χ3v) is 3.51. The molecule has 1 saturated carbocycles. The predicted molar refractivity (Wildman–Crippen MR) is 63.6 cm³/mol. The van der Waals surface area contributed by atoms with Gasteiger partial charge in [-0.1, -0.05) is 6.42 Å². The summed E-state index contributed by atoms with van der Waals surface area (Å²) in [6.07, 6.45) is 3.29. The maximum absolute atomic E-state index is 10.1. The Bertz CT molecular complexity index is 461. The first-order valence-corrected chi connectivity index (χ1v) is 5.74. The summed E-state index contributed by atoms with van der Waals surface area (Å²) in [7, 11) is 1.49. The number of phenols is 1. The second-order valence-corrected chi connectivity index (χ2v) is 4.41. The van der Waals surface area contributed by atoms with Crippen molar-refractivity contribution < 1.29 is 9.84 Å². The molecule has 3 N–H and O–H groups in total. The van der Waals surface area contributed by atoms with Crippen molar-refractivity contribution in [2.75, 3.05) is 7.11 Å². The average molecular weight is 232 g/mol. The first kappa shape index (κ1) is 11.7. The Morgan fingerprint density at radius 3 is 2.71 bits per heavy atom. The number of ether oxygens (including phenoxy) is 1. The van der Waals surface area contributed by atoms with Gasteiger partial charge in [0.15, 0.2) is 11.5 Å². The quantitative estimate of drug-likeness (QED) is 0.836. The number of methoxy groups -OCH3 is 1. The number of nitriles is 1. The SMILES string of the molecule is COc1ccc(C#N)c([C@H](N)C2CCC2)c1O. The van der Waals surface area contributed by atoms with Crippen molar-refractivity contribution in [2.45, 2.75) is 25.3 Å². The van der Waals surface area contributed by atoms with Crippen LogP contribution in [0.4, 0.5) is 0 Å². The minimum absolute atomic E-state index is 0.00551. The van der Waals surface area contributed by atoms with Crippen LogP contribution in [0.2, 0.25) is 0 Å². The van der Waals surface area contributed by atoms with Gasteiger partial charge in [0.2, 0.25) is 0 Å². The van der Waals surface area contributed by atoms with Crippen molar-refractivity contribution in [1.29, 1.82) is 5.26 Å². The van der Waals surface area contributed by atoms with E-state index in [0.717, 1.165) is 12.8 Å². The third-order valence-electron chi connectivity index (χ3n) is 3.51. The van der Waals surface area contributed by atoms with Gasteiger partial charge in [0, 0.05) is 11.6 Å². The number of phenolic OH excluding ortho intramolecular Hbond substituents is 1. The van der Waals surface area contributed by atoms with Crippen molar-refractivity contribution in [1.82, 2.24) is 0 Å². The van der Waals surface area contributed by atoms with E-state index in [1.165, 1.54) is 13.5 Å². The number of rotatable bonds is 3. The van der Waals surface area contributed by atoms with Gasteiger partial charge in [-0.25, -0.2) is 0 Å². The van der Waals surface area contributed by atoms with E-state index >= 15 is 0 Å². The normalized spacial score (nSPS) is 17.0. The monoisotopic (exact) mass is 232 g/mol. The van der Waals surface area contributed by atoms with Gasteiger partial charge in [0.25, 0.3) is 0 Å². The van der Waals surface area contributed by atoms with Gasteiger partial charge in [0.1, 0.15) is 0 Å². The molecule has 0 spiro atoms. The molecule has 90 valence electrons. The molecule has 0 amide bonds. The predicted octanol–water partition coefficient (Wildman–Crippen LogP) is 2.07. The van der Waals surface area contributed by atoms with Crippen LogP contribution in [0.5, 0.6) is 11.5 Å². The third kappa shape index (κ3) is 1.94. The summed E-state index contributed by atoms with van der Waals surface area (Å²) in [4.78, 5) is 0. The topological polar surface area (TPSA) is 79.3 Å². The number of hydrogen-bond donors (Lipinski definition) is 2. The zero-order valence-electron chi connectivity index (χ0n) is 9.81. The van der Waals surface area contributed by atoms with E-state index in [-0.39, 0.29) is 11.8 Å². The lowest BCUT2D eigenvalue weighted by atomic mass is 9.76. The van der Waals surface area contributed by atoms with Crippen LogP contribution in [0.3, 0.4) is 0 Å². The van der Waals surface area contributed by atoms with E-state index in [4.69, 9.17) is 15.7 Å². The highest BCUT2D eigenvalue weighted by Gasteiger charge is 2.30. The van der Waals surface area contributed by atoms with Crippen LogP contribution < -0.4 is 10.5 Å². The zero-order valence-corrected chi connectivity index (χ0v) is 9.81. The standard InChI is InChI=1S/C13H16N2O2/c1-17-10-6-5-9(7-14)11(13(10)16)12(15)8-3-2-4-8/h5-6,8,12,16H,2-4,15H2,1H3/t12-/m1/s1. The van der Waals surface area contributed by atoms with Crippen LogP contribution in [0.25, 0.3) is 0 Å². The van der Waals surface area contributed by atoms with E-state index in [1.807, 2.05) is 0 Å². The molecule has 0 aromatic heterocycles. The second kappa shape index (κ2) is 4.64. The fourth-order valence-corrected chi connectivity index (χ4v) is 2.22. The molecule has 2 rings (SSSR count).